The zero-order chi connectivity index (χ0) is 12.7. The van der Waals surface area contributed by atoms with Crippen LogP contribution in [0.1, 0.15) is 39.0 Å². The fourth-order valence-corrected chi connectivity index (χ4v) is 2.30. The summed E-state index contributed by atoms with van der Waals surface area (Å²) in [5.74, 6) is 0. The van der Waals surface area contributed by atoms with E-state index in [1.165, 1.54) is 0 Å². The van der Waals surface area contributed by atoms with Crippen molar-refractivity contribution in [2.75, 3.05) is 26.2 Å². The zero-order valence-electron chi connectivity index (χ0n) is 10.5. The third-order valence-electron chi connectivity index (χ3n) is 3.16. The lowest BCUT2D eigenvalue weighted by atomic mass is 10.1. The van der Waals surface area contributed by atoms with Gasteiger partial charge in [0.2, 0.25) is 0 Å². The first-order chi connectivity index (χ1) is 8.01. The number of hydrogen-bond donors (Lipinski definition) is 1. The average molecular weight is 252 g/mol. The average Bonchev–Trinajstić information content (AvgIpc) is 2.24. The Hall–Kier alpha value is -0.290. The number of piperazine rings is 1. The Morgan fingerprint density at radius 3 is 2.71 bits per heavy atom. The van der Waals surface area contributed by atoms with Crippen molar-refractivity contribution in [3.8, 4) is 0 Å². The Bertz CT molecular complexity index is 204. The van der Waals surface area contributed by atoms with Gasteiger partial charge in [-0.3, -0.25) is 0 Å². The number of nitrogens with one attached hydrogen (secondary N) is 1. The van der Waals surface area contributed by atoms with Crippen LogP contribution >= 0.6 is 0 Å². The van der Waals surface area contributed by atoms with Gasteiger partial charge in [-0.2, -0.15) is 13.2 Å². The van der Waals surface area contributed by atoms with E-state index in [9.17, 15) is 13.2 Å². The van der Waals surface area contributed by atoms with E-state index in [0.717, 1.165) is 39.0 Å². The van der Waals surface area contributed by atoms with Crippen molar-refractivity contribution in [2.24, 2.45) is 0 Å². The first-order valence-electron chi connectivity index (χ1n) is 6.54. The molecule has 0 aromatic carbocycles. The number of rotatable bonds is 6. The molecule has 1 fully saturated rings. The van der Waals surface area contributed by atoms with Gasteiger partial charge in [0.15, 0.2) is 0 Å². The molecule has 1 rings (SSSR count). The van der Waals surface area contributed by atoms with Gasteiger partial charge in [0.05, 0.1) is 0 Å². The van der Waals surface area contributed by atoms with E-state index in [1.54, 1.807) is 0 Å². The van der Waals surface area contributed by atoms with Gasteiger partial charge in [-0.05, 0) is 25.8 Å². The van der Waals surface area contributed by atoms with Crippen molar-refractivity contribution in [1.29, 1.82) is 0 Å². The molecule has 2 nitrogen and oxygen atoms in total. The molecular weight excluding hydrogens is 229 g/mol. The maximum atomic E-state index is 12.0. The van der Waals surface area contributed by atoms with Crippen LogP contribution in [-0.4, -0.2) is 43.3 Å². The molecule has 0 bridgehead atoms. The molecule has 0 spiro atoms. The van der Waals surface area contributed by atoms with Crippen LogP contribution in [-0.2, 0) is 0 Å². The Morgan fingerprint density at radius 2 is 2.06 bits per heavy atom. The molecule has 0 aliphatic carbocycles. The molecule has 1 N–H and O–H groups in total. The summed E-state index contributed by atoms with van der Waals surface area (Å²) in [5.41, 5.74) is 0. The van der Waals surface area contributed by atoms with Crippen molar-refractivity contribution in [3.05, 3.63) is 0 Å². The minimum absolute atomic E-state index is 0.256. The number of hydrogen-bond acceptors (Lipinski definition) is 2. The second-order valence-corrected chi connectivity index (χ2v) is 4.81. The van der Waals surface area contributed by atoms with E-state index < -0.39 is 12.6 Å². The molecule has 1 aliphatic rings. The van der Waals surface area contributed by atoms with Crippen molar-refractivity contribution >= 4 is 0 Å². The molecule has 0 amide bonds. The van der Waals surface area contributed by atoms with Gasteiger partial charge < -0.3 is 10.2 Å². The Kier molecular flexibility index (Phi) is 6.27. The first kappa shape index (κ1) is 14.8. The molecule has 0 saturated carbocycles. The van der Waals surface area contributed by atoms with Crippen LogP contribution in [0.4, 0.5) is 13.2 Å². The van der Waals surface area contributed by atoms with Gasteiger partial charge >= 0.3 is 6.18 Å². The predicted octanol–water partition coefficient (Wildman–Crippen LogP) is 2.79. The SMILES string of the molecule is CCCC1CN(CCCCC(F)(F)F)CCN1. The van der Waals surface area contributed by atoms with Crippen molar-refractivity contribution in [3.63, 3.8) is 0 Å². The van der Waals surface area contributed by atoms with Crippen molar-refractivity contribution in [2.45, 2.75) is 51.2 Å². The van der Waals surface area contributed by atoms with Crippen molar-refractivity contribution in [1.82, 2.24) is 10.2 Å². The summed E-state index contributed by atoms with van der Waals surface area (Å²) in [6.07, 6.45) is -1.42. The van der Waals surface area contributed by atoms with E-state index in [4.69, 9.17) is 0 Å². The Labute approximate surface area is 102 Å². The number of unbranched alkanes of at least 4 members (excludes halogenated alkanes) is 1. The smallest absolute Gasteiger partial charge is 0.311 e. The highest BCUT2D eigenvalue weighted by Gasteiger charge is 2.26. The molecule has 17 heavy (non-hydrogen) atoms. The number of alkyl halides is 3. The van der Waals surface area contributed by atoms with E-state index in [1.807, 2.05) is 0 Å². The highest BCUT2D eigenvalue weighted by Crippen LogP contribution is 2.22. The quantitative estimate of drug-likeness (QED) is 0.731. The lowest BCUT2D eigenvalue weighted by Gasteiger charge is -2.33. The van der Waals surface area contributed by atoms with Crippen LogP contribution in [0.15, 0.2) is 0 Å². The largest absolute Gasteiger partial charge is 0.389 e. The van der Waals surface area contributed by atoms with Gasteiger partial charge in [0, 0.05) is 32.1 Å². The minimum atomic E-state index is -3.99. The maximum absolute atomic E-state index is 12.0. The predicted molar refractivity (Wildman–Crippen MR) is 63.0 cm³/mol. The first-order valence-corrected chi connectivity index (χ1v) is 6.54. The normalized spacial score (nSPS) is 22.9. The van der Waals surface area contributed by atoms with Crippen LogP contribution in [0.3, 0.4) is 0 Å². The van der Waals surface area contributed by atoms with E-state index in [-0.39, 0.29) is 6.42 Å². The summed E-state index contributed by atoms with van der Waals surface area (Å²) in [6.45, 7) is 5.87. The molecule has 0 aromatic heterocycles. The van der Waals surface area contributed by atoms with Crippen LogP contribution < -0.4 is 5.32 Å². The van der Waals surface area contributed by atoms with Gasteiger partial charge in [0.25, 0.3) is 0 Å². The van der Waals surface area contributed by atoms with Gasteiger partial charge in [-0.15, -0.1) is 0 Å². The van der Waals surface area contributed by atoms with Crippen LogP contribution in [0.2, 0.25) is 0 Å². The molecule has 1 unspecified atom stereocenters. The van der Waals surface area contributed by atoms with E-state index >= 15 is 0 Å². The maximum Gasteiger partial charge on any atom is 0.389 e. The zero-order valence-corrected chi connectivity index (χ0v) is 10.5. The lowest BCUT2D eigenvalue weighted by Crippen LogP contribution is -2.50. The highest BCUT2D eigenvalue weighted by atomic mass is 19.4. The summed E-state index contributed by atoms with van der Waals surface area (Å²) < 4.78 is 35.9. The molecule has 1 saturated heterocycles. The Morgan fingerprint density at radius 1 is 1.29 bits per heavy atom. The fraction of sp³-hybridized carbons (Fsp3) is 1.00. The fourth-order valence-electron chi connectivity index (χ4n) is 2.30. The topological polar surface area (TPSA) is 15.3 Å². The molecule has 1 atom stereocenters. The van der Waals surface area contributed by atoms with Gasteiger partial charge in [-0.25, -0.2) is 0 Å². The molecular formula is C12H23F3N2. The third kappa shape index (κ3) is 6.88. The summed E-state index contributed by atoms with van der Waals surface area (Å²) in [4.78, 5) is 2.28. The molecule has 5 heteroatoms. The molecule has 1 heterocycles. The summed E-state index contributed by atoms with van der Waals surface area (Å²) in [6, 6.07) is 0.524. The van der Waals surface area contributed by atoms with Crippen LogP contribution in [0.25, 0.3) is 0 Å². The molecule has 0 radical (unpaired) electrons. The van der Waals surface area contributed by atoms with Gasteiger partial charge in [-0.1, -0.05) is 13.3 Å². The van der Waals surface area contributed by atoms with Gasteiger partial charge in [0.1, 0.15) is 0 Å². The second-order valence-electron chi connectivity index (χ2n) is 4.81. The molecule has 1 aliphatic heterocycles. The van der Waals surface area contributed by atoms with Crippen molar-refractivity contribution < 1.29 is 13.2 Å². The monoisotopic (exact) mass is 252 g/mol. The standard InChI is InChI=1S/C12H23F3N2/c1-2-5-11-10-17(9-7-16-11)8-4-3-6-12(13,14)15/h11,16H,2-10H2,1H3. The summed E-state index contributed by atoms with van der Waals surface area (Å²) in [7, 11) is 0. The number of nitrogens with zero attached hydrogens (tertiary/aromatic N) is 1. The van der Waals surface area contributed by atoms with Crippen LogP contribution in [0.5, 0.6) is 0 Å². The van der Waals surface area contributed by atoms with E-state index in [2.05, 4.69) is 17.1 Å². The highest BCUT2D eigenvalue weighted by molar-refractivity contribution is 4.78. The van der Waals surface area contributed by atoms with E-state index in [0.29, 0.717) is 12.5 Å². The second kappa shape index (κ2) is 7.21. The van der Waals surface area contributed by atoms with Crippen LogP contribution in [0, 0.1) is 0 Å². The third-order valence-corrected chi connectivity index (χ3v) is 3.16. The lowest BCUT2D eigenvalue weighted by molar-refractivity contribution is -0.135. The Balaban J connectivity index is 2.10. The number of halogens is 3. The summed E-state index contributed by atoms with van der Waals surface area (Å²) >= 11 is 0. The molecule has 102 valence electrons. The molecule has 0 aromatic rings. The summed E-state index contributed by atoms with van der Waals surface area (Å²) in [5, 5.41) is 3.44. The minimum Gasteiger partial charge on any atom is -0.311 e.